The van der Waals surface area contributed by atoms with Crippen molar-refractivity contribution in [3.05, 3.63) is 54.3 Å². The second-order valence-corrected chi connectivity index (χ2v) is 6.81. The van der Waals surface area contributed by atoms with Gasteiger partial charge >= 0.3 is 0 Å². The average molecular weight is 359 g/mol. The van der Waals surface area contributed by atoms with Gasteiger partial charge in [0, 0.05) is 31.1 Å². The second kappa shape index (κ2) is 8.36. The number of carbonyl (C=O) groups is 1. The number of halogens is 1. The molecule has 2 aromatic carbocycles. The van der Waals surface area contributed by atoms with Crippen molar-refractivity contribution in [2.24, 2.45) is 0 Å². The van der Waals surface area contributed by atoms with E-state index in [2.05, 4.69) is 10.2 Å². The molecule has 4 nitrogen and oxygen atoms in total. The summed E-state index contributed by atoms with van der Waals surface area (Å²) in [5.74, 6) is -0.205. The van der Waals surface area contributed by atoms with Gasteiger partial charge in [-0.05, 0) is 30.5 Å². The fraction of sp³-hybridized carbons (Fsp3) is 0.316. The minimum absolute atomic E-state index is 0.0131. The van der Waals surface area contributed by atoms with Crippen LogP contribution < -0.4 is 10.2 Å². The summed E-state index contributed by atoms with van der Waals surface area (Å²) in [6, 6.07) is 14.6. The van der Waals surface area contributed by atoms with Gasteiger partial charge in [-0.25, -0.2) is 4.39 Å². The molecule has 132 valence electrons. The zero-order valence-corrected chi connectivity index (χ0v) is 15.1. The molecule has 2 aromatic rings. The van der Waals surface area contributed by atoms with Crippen LogP contribution in [-0.2, 0) is 4.79 Å². The van der Waals surface area contributed by atoms with Gasteiger partial charge in [-0.3, -0.25) is 9.69 Å². The lowest BCUT2D eigenvalue weighted by atomic mass is 10.2. The van der Waals surface area contributed by atoms with Crippen LogP contribution in [0.5, 0.6) is 0 Å². The predicted molar refractivity (Wildman–Crippen MR) is 102 cm³/mol. The molecule has 1 N–H and O–H groups in total. The van der Waals surface area contributed by atoms with Crippen LogP contribution in [0.1, 0.15) is 0 Å². The van der Waals surface area contributed by atoms with Gasteiger partial charge in [0.1, 0.15) is 5.82 Å². The van der Waals surface area contributed by atoms with Gasteiger partial charge in [0.15, 0.2) is 0 Å². The zero-order valence-electron chi connectivity index (χ0n) is 14.2. The summed E-state index contributed by atoms with van der Waals surface area (Å²) in [5.41, 5.74) is 1.49. The Bertz CT molecular complexity index is 732. The number of nitrogens with one attached hydrogen (secondary N) is 1. The lowest BCUT2D eigenvalue weighted by Crippen LogP contribution is -2.48. The topological polar surface area (TPSA) is 35.6 Å². The van der Waals surface area contributed by atoms with Crippen molar-refractivity contribution < 1.29 is 9.18 Å². The van der Waals surface area contributed by atoms with Crippen molar-refractivity contribution >= 4 is 29.0 Å². The first-order valence-electron chi connectivity index (χ1n) is 8.32. The van der Waals surface area contributed by atoms with Crippen molar-refractivity contribution in [3.63, 3.8) is 0 Å². The monoisotopic (exact) mass is 359 g/mol. The van der Waals surface area contributed by atoms with Gasteiger partial charge in [0.2, 0.25) is 5.91 Å². The molecule has 0 saturated carbocycles. The fourth-order valence-electron chi connectivity index (χ4n) is 3.00. The maximum atomic E-state index is 13.9. The number of anilines is 2. The minimum Gasteiger partial charge on any atom is -0.367 e. The van der Waals surface area contributed by atoms with Crippen LogP contribution in [0.25, 0.3) is 0 Å². The maximum absolute atomic E-state index is 13.9. The van der Waals surface area contributed by atoms with Crippen molar-refractivity contribution in [1.29, 1.82) is 0 Å². The average Bonchev–Trinajstić information content (AvgIpc) is 2.63. The highest BCUT2D eigenvalue weighted by atomic mass is 32.2. The van der Waals surface area contributed by atoms with Gasteiger partial charge < -0.3 is 10.2 Å². The van der Waals surface area contributed by atoms with Gasteiger partial charge in [-0.2, -0.15) is 0 Å². The van der Waals surface area contributed by atoms with E-state index in [1.165, 1.54) is 6.07 Å². The highest BCUT2D eigenvalue weighted by molar-refractivity contribution is 7.98. The summed E-state index contributed by atoms with van der Waals surface area (Å²) in [7, 11) is 0. The molecule has 0 aliphatic carbocycles. The molecule has 0 aromatic heterocycles. The summed E-state index contributed by atoms with van der Waals surface area (Å²) in [6.45, 7) is 3.27. The maximum Gasteiger partial charge on any atom is 0.238 e. The number of carbonyl (C=O) groups excluding carboxylic acids is 1. The normalized spacial score (nSPS) is 15.2. The molecule has 1 aliphatic heterocycles. The Hall–Kier alpha value is -2.05. The molecule has 0 bridgehead atoms. The summed E-state index contributed by atoms with van der Waals surface area (Å²) in [5, 5.41) is 2.99. The molecule has 0 spiro atoms. The quantitative estimate of drug-likeness (QED) is 0.831. The van der Waals surface area contributed by atoms with E-state index in [0.29, 0.717) is 12.2 Å². The Morgan fingerprint density at radius 1 is 1.08 bits per heavy atom. The summed E-state index contributed by atoms with van der Waals surface area (Å²) in [6.07, 6.45) is 1.99. The van der Waals surface area contributed by atoms with Crippen molar-refractivity contribution in [3.8, 4) is 0 Å². The zero-order chi connectivity index (χ0) is 17.6. The van der Waals surface area contributed by atoms with Crippen LogP contribution in [0.4, 0.5) is 15.8 Å². The molecule has 3 rings (SSSR count). The molecular formula is C19H22FN3OS. The third-order valence-electron chi connectivity index (χ3n) is 4.31. The summed E-state index contributed by atoms with van der Waals surface area (Å²) < 4.78 is 13.9. The number of benzene rings is 2. The van der Waals surface area contributed by atoms with Crippen LogP contribution in [-0.4, -0.2) is 49.8 Å². The lowest BCUT2D eigenvalue weighted by Gasteiger charge is -2.35. The van der Waals surface area contributed by atoms with E-state index < -0.39 is 0 Å². The molecule has 25 heavy (non-hydrogen) atoms. The van der Waals surface area contributed by atoms with E-state index in [1.54, 1.807) is 23.9 Å². The molecule has 1 saturated heterocycles. The Morgan fingerprint density at radius 2 is 1.76 bits per heavy atom. The number of hydrogen-bond donors (Lipinski definition) is 1. The third kappa shape index (κ3) is 4.52. The predicted octanol–water partition coefficient (Wildman–Crippen LogP) is 3.31. The van der Waals surface area contributed by atoms with Crippen molar-refractivity contribution in [2.45, 2.75) is 4.90 Å². The summed E-state index contributed by atoms with van der Waals surface area (Å²) >= 11 is 1.61. The molecule has 0 radical (unpaired) electrons. The molecule has 1 aliphatic rings. The van der Waals surface area contributed by atoms with Crippen molar-refractivity contribution in [2.75, 3.05) is 49.2 Å². The first-order chi connectivity index (χ1) is 12.2. The number of rotatable bonds is 5. The first kappa shape index (κ1) is 17.8. The van der Waals surface area contributed by atoms with Gasteiger partial charge in [-0.15, -0.1) is 11.8 Å². The molecule has 1 fully saturated rings. The molecular weight excluding hydrogens is 337 g/mol. The summed E-state index contributed by atoms with van der Waals surface area (Å²) in [4.78, 5) is 17.5. The SMILES string of the molecule is CSc1ccccc1NC(=O)CN1CCN(c2ccccc2F)CC1. The van der Waals surface area contributed by atoms with Crippen molar-refractivity contribution in [1.82, 2.24) is 4.90 Å². The number of nitrogens with zero attached hydrogens (tertiary/aromatic N) is 2. The second-order valence-electron chi connectivity index (χ2n) is 5.96. The number of piperazine rings is 1. The van der Waals surface area contributed by atoms with Gasteiger partial charge in [0.25, 0.3) is 0 Å². The van der Waals surface area contributed by atoms with E-state index in [-0.39, 0.29) is 11.7 Å². The number of thioether (sulfide) groups is 1. The molecule has 1 heterocycles. The van der Waals surface area contributed by atoms with E-state index in [1.807, 2.05) is 41.5 Å². The van der Waals surface area contributed by atoms with Crippen LogP contribution in [0.2, 0.25) is 0 Å². The Labute approximate surface area is 152 Å². The Morgan fingerprint density at radius 3 is 2.48 bits per heavy atom. The molecule has 0 atom stereocenters. The molecule has 1 amide bonds. The largest absolute Gasteiger partial charge is 0.367 e. The minimum atomic E-state index is -0.192. The lowest BCUT2D eigenvalue weighted by molar-refractivity contribution is -0.117. The number of amides is 1. The van der Waals surface area contributed by atoms with Gasteiger partial charge in [0.05, 0.1) is 17.9 Å². The first-order valence-corrected chi connectivity index (χ1v) is 9.54. The number of para-hydroxylation sites is 2. The number of hydrogen-bond acceptors (Lipinski definition) is 4. The highest BCUT2D eigenvalue weighted by Gasteiger charge is 2.21. The Kier molecular flexibility index (Phi) is 5.94. The van der Waals surface area contributed by atoms with E-state index in [4.69, 9.17) is 0 Å². The van der Waals surface area contributed by atoms with E-state index in [0.717, 1.165) is 36.8 Å². The smallest absolute Gasteiger partial charge is 0.238 e. The molecule has 0 unspecified atom stereocenters. The van der Waals surface area contributed by atoms with E-state index >= 15 is 0 Å². The van der Waals surface area contributed by atoms with Gasteiger partial charge in [-0.1, -0.05) is 24.3 Å². The van der Waals surface area contributed by atoms with E-state index in [9.17, 15) is 9.18 Å². The van der Waals surface area contributed by atoms with Crippen LogP contribution in [0, 0.1) is 5.82 Å². The Balaban J connectivity index is 1.52. The highest BCUT2D eigenvalue weighted by Crippen LogP contribution is 2.24. The van der Waals surface area contributed by atoms with Crippen LogP contribution in [0.15, 0.2) is 53.4 Å². The fourth-order valence-corrected chi connectivity index (χ4v) is 3.55. The third-order valence-corrected chi connectivity index (χ3v) is 5.11. The standard InChI is InChI=1S/C19H22FN3OS/c1-25-18-9-5-3-7-16(18)21-19(24)14-22-10-12-23(13-11-22)17-8-4-2-6-15(17)20/h2-9H,10-14H2,1H3,(H,21,24). The van der Waals surface area contributed by atoms with Crippen LogP contribution in [0.3, 0.4) is 0 Å². The van der Waals surface area contributed by atoms with Crippen LogP contribution >= 0.6 is 11.8 Å². The molecule has 6 heteroatoms.